The summed E-state index contributed by atoms with van der Waals surface area (Å²) in [6.07, 6.45) is 4.31. The Kier molecular flexibility index (Phi) is 4.48. The van der Waals surface area contributed by atoms with E-state index in [1.165, 1.54) is 23.3 Å². The number of nitrogens with one attached hydrogen (secondary N) is 1. The summed E-state index contributed by atoms with van der Waals surface area (Å²) in [5, 5.41) is 13.2. The van der Waals surface area contributed by atoms with Gasteiger partial charge in [0.25, 0.3) is 0 Å². The van der Waals surface area contributed by atoms with Crippen molar-refractivity contribution in [3.63, 3.8) is 0 Å². The van der Waals surface area contributed by atoms with Gasteiger partial charge in [0, 0.05) is 17.5 Å². The molecule has 3 heteroatoms. The molecule has 1 aliphatic carbocycles. The normalized spacial score (nSPS) is 19.0. The van der Waals surface area contributed by atoms with Gasteiger partial charge in [-0.2, -0.15) is 0 Å². The molecule has 0 bridgehead atoms. The predicted octanol–water partition coefficient (Wildman–Crippen LogP) is 2.83. The molecule has 2 atom stereocenters. The highest BCUT2D eigenvalue weighted by atomic mass is 32.2. The zero-order valence-corrected chi connectivity index (χ0v) is 11.3. The number of aliphatic hydroxyl groups is 1. The summed E-state index contributed by atoms with van der Waals surface area (Å²) in [5.41, 5.74) is 1.28. The molecule has 0 aliphatic heterocycles. The lowest BCUT2D eigenvalue weighted by molar-refractivity contribution is 0.145. The molecule has 0 radical (unpaired) electrons. The van der Waals surface area contributed by atoms with E-state index in [1.54, 1.807) is 11.8 Å². The lowest BCUT2D eigenvalue weighted by atomic mass is 10.1. The molecule has 0 amide bonds. The van der Waals surface area contributed by atoms with E-state index in [0.717, 1.165) is 0 Å². The molecule has 2 nitrogen and oxygen atoms in total. The number of rotatable bonds is 6. The van der Waals surface area contributed by atoms with E-state index in [1.807, 2.05) is 0 Å². The molecular formula is C14H21NOS. The van der Waals surface area contributed by atoms with Crippen LogP contribution in [0.15, 0.2) is 29.2 Å². The molecule has 2 rings (SSSR count). The molecule has 1 saturated carbocycles. The van der Waals surface area contributed by atoms with Crippen molar-refractivity contribution in [2.24, 2.45) is 5.92 Å². The van der Waals surface area contributed by atoms with E-state index in [2.05, 4.69) is 42.8 Å². The van der Waals surface area contributed by atoms with Gasteiger partial charge in [0.05, 0.1) is 6.10 Å². The summed E-state index contributed by atoms with van der Waals surface area (Å²) in [4.78, 5) is 1.29. The molecule has 94 valence electrons. The van der Waals surface area contributed by atoms with Crippen molar-refractivity contribution in [2.75, 3.05) is 12.8 Å². The summed E-state index contributed by atoms with van der Waals surface area (Å²) in [6, 6.07) is 8.92. The van der Waals surface area contributed by atoms with Gasteiger partial charge in [-0.1, -0.05) is 12.1 Å². The Bertz CT molecular complexity index is 348. The van der Waals surface area contributed by atoms with Crippen LogP contribution in [0, 0.1) is 5.92 Å². The van der Waals surface area contributed by atoms with Gasteiger partial charge in [-0.3, -0.25) is 0 Å². The largest absolute Gasteiger partial charge is 0.392 e. The van der Waals surface area contributed by atoms with Gasteiger partial charge in [-0.05, 0) is 49.6 Å². The quantitative estimate of drug-likeness (QED) is 0.763. The van der Waals surface area contributed by atoms with Crippen molar-refractivity contribution in [3.05, 3.63) is 29.8 Å². The number of benzene rings is 1. The number of hydrogen-bond donors (Lipinski definition) is 2. The van der Waals surface area contributed by atoms with Gasteiger partial charge in [-0.15, -0.1) is 11.8 Å². The van der Waals surface area contributed by atoms with Gasteiger partial charge in [0.15, 0.2) is 0 Å². The molecular weight excluding hydrogens is 230 g/mol. The number of aliphatic hydroxyl groups excluding tert-OH is 1. The maximum Gasteiger partial charge on any atom is 0.0692 e. The van der Waals surface area contributed by atoms with Crippen LogP contribution in [-0.4, -0.2) is 24.0 Å². The van der Waals surface area contributed by atoms with Crippen LogP contribution in [0.5, 0.6) is 0 Å². The Labute approximate surface area is 108 Å². The molecule has 1 fully saturated rings. The lowest BCUT2D eigenvalue weighted by Gasteiger charge is -2.17. The standard InChI is InChI=1S/C14H21NOS/c1-10(15-9-14(16)12-3-4-12)11-5-7-13(17-2)8-6-11/h5-8,10,12,14-16H,3-4,9H2,1-2H3. The fourth-order valence-electron chi connectivity index (χ4n) is 1.96. The fourth-order valence-corrected chi connectivity index (χ4v) is 2.36. The van der Waals surface area contributed by atoms with E-state index in [0.29, 0.717) is 18.5 Å². The van der Waals surface area contributed by atoms with Crippen molar-refractivity contribution >= 4 is 11.8 Å². The minimum atomic E-state index is -0.164. The van der Waals surface area contributed by atoms with Crippen LogP contribution in [0.25, 0.3) is 0 Å². The van der Waals surface area contributed by atoms with Crippen LogP contribution in [0.4, 0.5) is 0 Å². The summed E-state index contributed by atoms with van der Waals surface area (Å²) in [7, 11) is 0. The van der Waals surface area contributed by atoms with E-state index in [4.69, 9.17) is 0 Å². The first kappa shape index (κ1) is 12.9. The number of thioether (sulfide) groups is 1. The average Bonchev–Trinajstić information content (AvgIpc) is 3.20. The molecule has 0 heterocycles. The second-order valence-corrected chi connectivity index (χ2v) is 5.69. The Morgan fingerprint density at radius 3 is 2.53 bits per heavy atom. The molecule has 1 aromatic carbocycles. The van der Waals surface area contributed by atoms with Crippen molar-refractivity contribution in [2.45, 2.75) is 36.8 Å². The second kappa shape index (κ2) is 5.89. The first-order valence-corrected chi connectivity index (χ1v) is 7.48. The fraction of sp³-hybridized carbons (Fsp3) is 0.571. The molecule has 2 N–H and O–H groups in total. The topological polar surface area (TPSA) is 32.3 Å². The van der Waals surface area contributed by atoms with Gasteiger partial charge < -0.3 is 10.4 Å². The SMILES string of the molecule is CSc1ccc(C(C)NCC(O)C2CC2)cc1. The molecule has 1 aliphatic rings. The van der Waals surface area contributed by atoms with Gasteiger partial charge in [0.2, 0.25) is 0 Å². The van der Waals surface area contributed by atoms with Crippen molar-refractivity contribution in [1.29, 1.82) is 0 Å². The highest BCUT2D eigenvalue weighted by Gasteiger charge is 2.29. The molecule has 17 heavy (non-hydrogen) atoms. The van der Waals surface area contributed by atoms with Crippen LogP contribution >= 0.6 is 11.8 Å². The van der Waals surface area contributed by atoms with E-state index in [9.17, 15) is 5.11 Å². The third kappa shape index (κ3) is 3.73. The minimum absolute atomic E-state index is 0.164. The van der Waals surface area contributed by atoms with Crippen LogP contribution in [0.2, 0.25) is 0 Å². The second-order valence-electron chi connectivity index (χ2n) is 4.81. The first-order valence-electron chi connectivity index (χ1n) is 6.26. The van der Waals surface area contributed by atoms with Gasteiger partial charge in [0.1, 0.15) is 0 Å². The Hall–Kier alpha value is -0.510. The average molecular weight is 251 g/mol. The molecule has 0 spiro atoms. The Morgan fingerprint density at radius 2 is 2.00 bits per heavy atom. The maximum atomic E-state index is 9.80. The summed E-state index contributed by atoms with van der Waals surface area (Å²) < 4.78 is 0. The third-order valence-electron chi connectivity index (χ3n) is 3.42. The molecule has 0 saturated heterocycles. The van der Waals surface area contributed by atoms with E-state index < -0.39 is 0 Å². The predicted molar refractivity (Wildman–Crippen MR) is 73.4 cm³/mol. The summed E-state index contributed by atoms with van der Waals surface area (Å²) in [5.74, 6) is 0.550. The molecule has 0 aromatic heterocycles. The van der Waals surface area contributed by atoms with Crippen LogP contribution in [-0.2, 0) is 0 Å². The Morgan fingerprint density at radius 1 is 1.35 bits per heavy atom. The summed E-state index contributed by atoms with van der Waals surface area (Å²) in [6.45, 7) is 2.85. The molecule has 1 aromatic rings. The monoisotopic (exact) mass is 251 g/mol. The van der Waals surface area contributed by atoms with Crippen LogP contribution in [0.3, 0.4) is 0 Å². The van der Waals surface area contributed by atoms with Crippen molar-refractivity contribution < 1.29 is 5.11 Å². The van der Waals surface area contributed by atoms with Gasteiger partial charge >= 0.3 is 0 Å². The zero-order chi connectivity index (χ0) is 12.3. The Balaban J connectivity index is 1.82. The minimum Gasteiger partial charge on any atom is -0.392 e. The highest BCUT2D eigenvalue weighted by molar-refractivity contribution is 7.98. The summed E-state index contributed by atoms with van der Waals surface area (Å²) >= 11 is 1.76. The van der Waals surface area contributed by atoms with E-state index in [-0.39, 0.29) is 6.10 Å². The van der Waals surface area contributed by atoms with Crippen molar-refractivity contribution in [3.8, 4) is 0 Å². The first-order chi connectivity index (χ1) is 8.20. The van der Waals surface area contributed by atoms with Crippen molar-refractivity contribution in [1.82, 2.24) is 5.32 Å². The number of hydrogen-bond acceptors (Lipinski definition) is 3. The maximum absolute atomic E-state index is 9.80. The molecule has 2 unspecified atom stereocenters. The van der Waals surface area contributed by atoms with Crippen LogP contribution in [0.1, 0.15) is 31.4 Å². The zero-order valence-electron chi connectivity index (χ0n) is 10.5. The lowest BCUT2D eigenvalue weighted by Crippen LogP contribution is -2.30. The van der Waals surface area contributed by atoms with E-state index >= 15 is 0 Å². The smallest absolute Gasteiger partial charge is 0.0692 e. The highest BCUT2D eigenvalue weighted by Crippen LogP contribution is 2.32. The third-order valence-corrected chi connectivity index (χ3v) is 4.16. The van der Waals surface area contributed by atoms with Gasteiger partial charge in [-0.25, -0.2) is 0 Å². The van der Waals surface area contributed by atoms with Crippen LogP contribution < -0.4 is 5.32 Å².